The van der Waals surface area contributed by atoms with Crippen molar-refractivity contribution < 1.29 is 14.7 Å². The summed E-state index contributed by atoms with van der Waals surface area (Å²) in [5.41, 5.74) is 1.55. The lowest BCUT2D eigenvalue weighted by atomic mass is 10.2. The summed E-state index contributed by atoms with van der Waals surface area (Å²) in [5, 5.41) is 19.3. The molecule has 2 N–H and O–H groups in total. The SMILES string of the molecule is O=C(O)Cn1cc(NC(=O)c2cnn3ccccc23)cn1. The van der Waals surface area contributed by atoms with Crippen LogP contribution in [-0.4, -0.2) is 36.4 Å². The zero-order valence-corrected chi connectivity index (χ0v) is 10.8. The lowest BCUT2D eigenvalue weighted by Gasteiger charge is -2.00. The van der Waals surface area contributed by atoms with E-state index in [1.165, 1.54) is 23.3 Å². The Hall–Kier alpha value is -3.16. The van der Waals surface area contributed by atoms with Gasteiger partial charge >= 0.3 is 5.97 Å². The van der Waals surface area contributed by atoms with Gasteiger partial charge in [-0.2, -0.15) is 10.2 Å². The first-order chi connectivity index (χ1) is 10.1. The second-order valence-corrected chi connectivity index (χ2v) is 4.36. The molecule has 8 heteroatoms. The molecule has 1 amide bonds. The molecule has 3 rings (SSSR count). The van der Waals surface area contributed by atoms with Crippen LogP contribution in [0.15, 0.2) is 43.0 Å². The Morgan fingerprint density at radius 1 is 1.24 bits per heavy atom. The second-order valence-electron chi connectivity index (χ2n) is 4.36. The van der Waals surface area contributed by atoms with Gasteiger partial charge in [-0.3, -0.25) is 14.3 Å². The zero-order chi connectivity index (χ0) is 14.8. The first-order valence-corrected chi connectivity index (χ1v) is 6.11. The van der Waals surface area contributed by atoms with Gasteiger partial charge in [0.1, 0.15) is 6.54 Å². The third kappa shape index (κ3) is 2.59. The van der Waals surface area contributed by atoms with E-state index >= 15 is 0 Å². The molecule has 0 aromatic carbocycles. The van der Waals surface area contributed by atoms with Gasteiger partial charge in [-0.25, -0.2) is 4.52 Å². The van der Waals surface area contributed by atoms with E-state index in [1.807, 2.05) is 12.1 Å². The topological polar surface area (TPSA) is 102 Å². The predicted molar refractivity (Wildman–Crippen MR) is 73.0 cm³/mol. The maximum absolute atomic E-state index is 12.2. The molecule has 3 aromatic heterocycles. The number of aromatic nitrogens is 4. The molecule has 8 nitrogen and oxygen atoms in total. The molecule has 106 valence electrons. The van der Waals surface area contributed by atoms with Gasteiger partial charge in [0.25, 0.3) is 5.91 Å². The van der Waals surface area contributed by atoms with Crippen molar-refractivity contribution in [2.75, 3.05) is 5.32 Å². The minimum absolute atomic E-state index is 0.257. The third-order valence-electron chi connectivity index (χ3n) is 2.86. The summed E-state index contributed by atoms with van der Waals surface area (Å²) in [6, 6.07) is 5.42. The lowest BCUT2D eigenvalue weighted by Crippen LogP contribution is -2.11. The van der Waals surface area contributed by atoms with Crippen LogP contribution in [-0.2, 0) is 11.3 Å². The zero-order valence-electron chi connectivity index (χ0n) is 10.8. The molecule has 0 radical (unpaired) electrons. The van der Waals surface area contributed by atoms with Gasteiger partial charge in [0.15, 0.2) is 0 Å². The second kappa shape index (κ2) is 5.08. The van der Waals surface area contributed by atoms with Crippen molar-refractivity contribution in [2.24, 2.45) is 0 Å². The minimum Gasteiger partial charge on any atom is -0.480 e. The Labute approximate surface area is 118 Å². The summed E-state index contributed by atoms with van der Waals surface area (Å²) in [5.74, 6) is -1.33. The average molecular weight is 285 g/mol. The van der Waals surface area contributed by atoms with Gasteiger partial charge in [-0.1, -0.05) is 6.07 Å². The molecule has 0 aliphatic heterocycles. The van der Waals surface area contributed by atoms with E-state index in [9.17, 15) is 9.59 Å². The number of fused-ring (bicyclic) bond motifs is 1. The largest absolute Gasteiger partial charge is 0.480 e. The Bertz CT molecular complexity index is 820. The van der Waals surface area contributed by atoms with E-state index in [1.54, 1.807) is 16.8 Å². The molecular weight excluding hydrogens is 274 g/mol. The molecule has 3 aromatic rings. The van der Waals surface area contributed by atoms with Gasteiger partial charge < -0.3 is 10.4 Å². The van der Waals surface area contributed by atoms with Crippen molar-refractivity contribution in [3.8, 4) is 0 Å². The Balaban J connectivity index is 1.80. The number of carbonyl (C=O) groups is 2. The van der Waals surface area contributed by atoms with Crippen LogP contribution >= 0.6 is 0 Å². The number of hydrogen-bond donors (Lipinski definition) is 2. The van der Waals surface area contributed by atoms with Crippen molar-refractivity contribution in [2.45, 2.75) is 6.54 Å². The fourth-order valence-corrected chi connectivity index (χ4v) is 1.96. The number of anilines is 1. The highest BCUT2D eigenvalue weighted by Gasteiger charge is 2.13. The third-order valence-corrected chi connectivity index (χ3v) is 2.86. The van der Waals surface area contributed by atoms with Crippen LogP contribution in [0, 0.1) is 0 Å². The van der Waals surface area contributed by atoms with Gasteiger partial charge in [0.05, 0.1) is 29.2 Å². The fraction of sp³-hybridized carbons (Fsp3) is 0.0769. The first kappa shape index (κ1) is 12.9. The summed E-state index contributed by atoms with van der Waals surface area (Å²) in [4.78, 5) is 22.8. The molecular formula is C13H11N5O3. The number of carboxylic acid groups (broad SMARTS) is 1. The number of aliphatic carboxylic acids is 1. The van der Waals surface area contributed by atoms with Gasteiger partial charge in [0, 0.05) is 12.4 Å². The quantitative estimate of drug-likeness (QED) is 0.740. The number of carboxylic acids is 1. The monoisotopic (exact) mass is 285 g/mol. The molecule has 0 fully saturated rings. The van der Waals surface area contributed by atoms with Crippen LogP contribution in [0.2, 0.25) is 0 Å². The molecule has 0 aliphatic rings. The normalized spacial score (nSPS) is 10.7. The summed E-state index contributed by atoms with van der Waals surface area (Å²) < 4.78 is 2.83. The van der Waals surface area contributed by atoms with Crippen molar-refractivity contribution in [3.63, 3.8) is 0 Å². The lowest BCUT2D eigenvalue weighted by molar-refractivity contribution is -0.137. The molecule has 0 saturated carbocycles. The van der Waals surface area contributed by atoms with E-state index in [-0.39, 0.29) is 12.5 Å². The van der Waals surface area contributed by atoms with Crippen LogP contribution in [0.3, 0.4) is 0 Å². The summed E-state index contributed by atoms with van der Waals surface area (Å²) in [6.07, 6.45) is 6.08. The number of nitrogens with one attached hydrogen (secondary N) is 1. The number of rotatable bonds is 4. The van der Waals surface area contributed by atoms with E-state index in [0.717, 1.165) is 0 Å². The van der Waals surface area contributed by atoms with Crippen LogP contribution in [0.25, 0.3) is 5.52 Å². The van der Waals surface area contributed by atoms with Crippen LogP contribution in [0.5, 0.6) is 0 Å². The van der Waals surface area contributed by atoms with E-state index in [2.05, 4.69) is 15.5 Å². The summed E-state index contributed by atoms with van der Waals surface area (Å²) >= 11 is 0. The van der Waals surface area contributed by atoms with E-state index < -0.39 is 5.97 Å². The number of nitrogens with zero attached hydrogens (tertiary/aromatic N) is 4. The van der Waals surface area contributed by atoms with Gasteiger partial charge in [-0.05, 0) is 12.1 Å². The van der Waals surface area contributed by atoms with Crippen LogP contribution < -0.4 is 5.32 Å². The highest BCUT2D eigenvalue weighted by atomic mass is 16.4. The number of carbonyl (C=O) groups excluding carboxylic acids is 1. The molecule has 0 bridgehead atoms. The fourth-order valence-electron chi connectivity index (χ4n) is 1.96. The van der Waals surface area contributed by atoms with E-state index in [0.29, 0.717) is 16.8 Å². The maximum Gasteiger partial charge on any atom is 0.325 e. The van der Waals surface area contributed by atoms with E-state index in [4.69, 9.17) is 5.11 Å². The van der Waals surface area contributed by atoms with Gasteiger partial charge in [-0.15, -0.1) is 0 Å². The number of pyridine rings is 1. The Morgan fingerprint density at radius 2 is 2.10 bits per heavy atom. The highest BCUT2D eigenvalue weighted by molar-refractivity contribution is 6.08. The maximum atomic E-state index is 12.2. The molecule has 0 atom stereocenters. The van der Waals surface area contributed by atoms with Crippen LogP contribution in [0.4, 0.5) is 5.69 Å². The molecule has 0 saturated heterocycles. The Kier molecular flexibility index (Phi) is 3.11. The van der Waals surface area contributed by atoms with Crippen LogP contribution in [0.1, 0.15) is 10.4 Å². The molecule has 0 spiro atoms. The van der Waals surface area contributed by atoms with Crippen molar-refractivity contribution in [1.29, 1.82) is 0 Å². The molecule has 0 aliphatic carbocycles. The van der Waals surface area contributed by atoms with Gasteiger partial charge in [0.2, 0.25) is 0 Å². The molecule has 0 unspecified atom stereocenters. The molecule has 3 heterocycles. The van der Waals surface area contributed by atoms with Crippen molar-refractivity contribution in [3.05, 3.63) is 48.5 Å². The Morgan fingerprint density at radius 3 is 2.90 bits per heavy atom. The number of hydrogen-bond acceptors (Lipinski definition) is 4. The predicted octanol–water partition coefficient (Wildman–Crippen LogP) is 0.868. The summed E-state index contributed by atoms with van der Waals surface area (Å²) in [6.45, 7) is -0.257. The van der Waals surface area contributed by atoms with Crippen molar-refractivity contribution >= 4 is 23.1 Å². The number of amides is 1. The first-order valence-electron chi connectivity index (χ1n) is 6.11. The standard InChI is InChI=1S/C13H11N5O3/c19-12(20)8-17-7-9(5-14-17)16-13(21)10-6-15-18-4-2-1-3-11(10)18/h1-7H,8H2,(H,16,21)(H,19,20). The smallest absolute Gasteiger partial charge is 0.325 e. The minimum atomic E-state index is -1.00. The van der Waals surface area contributed by atoms with Crippen molar-refractivity contribution in [1.82, 2.24) is 19.4 Å². The molecule has 21 heavy (non-hydrogen) atoms. The highest BCUT2D eigenvalue weighted by Crippen LogP contribution is 2.13. The summed E-state index contributed by atoms with van der Waals surface area (Å²) in [7, 11) is 0. The average Bonchev–Trinajstić information content (AvgIpc) is 3.04.